The zero-order valence-corrected chi connectivity index (χ0v) is 37.7. The molecule has 1 aliphatic carbocycles. The van der Waals surface area contributed by atoms with E-state index < -0.39 is 13.5 Å². The first-order chi connectivity index (χ1) is 31.4. The minimum atomic E-state index is -2.97. The highest BCUT2D eigenvalue weighted by molar-refractivity contribution is 7.99. The van der Waals surface area contributed by atoms with Crippen LogP contribution in [0.25, 0.3) is 11.1 Å². The number of hydrogen-bond donors (Lipinski definition) is 0. The Kier molecular flexibility index (Phi) is 8.17. The van der Waals surface area contributed by atoms with Crippen molar-refractivity contribution in [1.29, 1.82) is 0 Å². The summed E-state index contributed by atoms with van der Waals surface area (Å²) in [5, 5.41) is 5.14. The summed E-state index contributed by atoms with van der Waals surface area (Å²) in [7, 11) is -2.97. The summed E-state index contributed by atoms with van der Waals surface area (Å²) in [6.07, 6.45) is 0. The van der Waals surface area contributed by atoms with Crippen LogP contribution in [0.2, 0.25) is 0 Å². The van der Waals surface area contributed by atoms with E-state index in [2.05, 4.69) is 227 Å². The second kappa shape index (κ2) is 13.9. The number of rotatable bonds is 4. The van der Waals surface area contributed by atoms with Gasteiger partial charge >= 0.3 is 0 Å². The van der Waals surface area contributed by atoms with E-state index in [-0.39, 0.29) is 12.1 Å². The Morgan fingerprint density at radius 3 is 1.58 bits per heavy atom. The zero-order chi connectivity index (χ0) is 42.8. The molecule has 9 aromatic rings. The summed E-state index contributed by atoms with van der Waals surface area (Å²) in [4.78, 5) is 2.58. The van der Waals surface area contributed by atoms with Gasteiger partial charge in [-0.05, 0) is 101 Å². The van der Waals surface area contributed by atoms with Gasteiger partial charge in [-0.3, -0.25) is 0 Å². The van der Waals surface area contributed by atoms with Gasteiger partial charge in [-0.15, -0.1) is 0 Å². The SMILES string of the molecule is CC(C)(C)c1ccc2c(c1)B1c3ccc4c(c3Oc3cc([Si](c5ccccc5)(c5ccccc5)c5ccccc5)cc(c31)O2)-c1ccccc1C41c2ccccc2Sc2ccccc21. The molecule has 3 aliphatic heterocycles. The summed E-state index contributed by atoms with van der Waals surface area (Å²) in [6, 6.07) is 77.0. The third kappa shape index (κ3) is 5.11. The molecule has 13 rings (SSSR count). The molecule has 0 saturated heterocycles. The molecule has 0 aromatic heterocycles. The topological polar surface area (TPSA) is 18.5 Å². The lowest BCUT2D eigenvalue weighted by atomic mass is 9.34. The molecule has 9 aromatic carbocycles. The van der Waals surface area contributed by atoms with Crippen molar-refractivity contribution in [3.63, 3.8) is 0 Å². The normalized spacial score (nSPS) is 14.5. The van der Waals surface area contributed by atoms with Crippen molar-refractivity contribution >= 4 is 63.7 Å². The van der Waals surface area contributed by atoms with Gasteiger partial charge in [-0.1, -0.05) is 208 Å². The Morgan fingerprint density at radius 1 is 0.453 bits per heavy atom. The molecule has 0 unspecified atom stereocenters. The first-order valence-corrected chi connectivity index (χ1v) is 25.2. The van der Waals surface area contributed by atoms with Crippen LogP contribution < -0.4 is 46.6 Å². The van der Waals surface area contributed by atoms with Crippen LogP contribution in [0, 0.1) is 0 Å². The number of hydrogen-bond acceptors (Lipinski definition) is 3. The average Bonchev–Trinajstić information content (AvgIpc) is 3.63. The second-order valence-electron chi connectivity index (χ2n) is 18.7. The quantitative estimate of drug-likeness (QED) is 0.130. The molecule has 0 amide bonds. The average molecular weight is 855 g/mol. The van der Waals surface area contributed by atoms with Crippen LogP contribution in [-0.4, -0.2) is 14.8 Å². The lowest BCUT2D eigenvalue weighted by Gasteiger charge is -2.40. The standard InChI is InChI=1S/C59H43BO2SSi/c1-58(2,3)38-31-34-50-49(35-38)60-48-33-32-47-55(43-25-13-14-26-44(43)59(47)45-27-15-17-29-53(45)63-54-30-18-16-28-46(54)59)57(48)62-52-37-42(36-51(61-50)56(52)60)64(39-19-7-4-8-20-39,40-21-9-5-10-22-40)41-23-11-6-12-24-41/h4-37H,1-3H3. The number of ether oxygens (including phenoxy) is 2. The smallest absolute Gasteiger partial charge is 0.260 e. The van der Waals surface area contributed by atoms with Gasteiger partial charge in [-0.2, -0.15) is 0 Å². The molecule has 304 valence electrons. The molecule has 0 saturated carbocycles. The molecule has 64 heavy (non-hydrogen) atoms. The summed E-state index contributed by atoms with van der Waals surface area (Å²) < 4.78 is 14.9. The molecule has 2 nitrogen and oxygen atoms in total. The highest BCUT2D eigenvalue weighted by atomic mass is 32.2. The molecule has 4 aliphatic rings. The Morgan fingerprint density at radius 2 is 0.984 bits per heavy atom. The maximum atomic E-state index is 7.73. The van der Waals surface area contributed by atoms with Gasteiger partial charge in [0.2, 0.25) is 0 Å². The van der Waals surface area contributed by atoms with Crippen molar-refractivity contribution in [2.24, 2.45) is 0 Å². The predicted molar refractivity (Wildman–Crippen MR) is 268 cm³/mol. The Bertz CT molecular complexity index is 3220. The maximum Gasteiger partial charge on any atom is 0.260 e. The van der Waals surface area contributed by atoms with Crippen LogP contribution >= 0.6 is 11.8 Å². The van der Waals surface area contributed by atoms with E-state index in [4.69, 9.17) is 9.47 Å². The Balaban J connectivity index is 1.14. The van der Waals surface area contributed by atoms with Gasteiger partial charge in [0, 0.05) is 20.8 Å². The van der Waals surface area contributed by atoms with Crippen molar-refractivity contribution in [2.45, 2.75) is 41.4 Å². The van der Waals surface area contributed by atoms with E-state index in [0.29, 0.717) is 0 Å². The van der Waals surface area contributed by atoms with Crippen LogP contribution in [0.5, 0.6) is 23.0 Å². The van der Waals surface area contributed by atoms with E-state index in [0.717, 1.165) is 28.5 Å². The van der Waals surface area contributed by atoms with E-state index in [1.807, 2.05) is 11.8 Å². The lowest BCUT2D eigenvalue weighted by Crippen LogP contribution is -2.75. The number of fused-ring (bicyclic) bond motifs is 14. The summed E-state index contributed by atoms with van der Waals surface area (Å²) in [5.41, 5.74) is 11.8. The summed E-state index contributed by atoms with van der Waals surface area (Å²) in [6.45, 7) is 6.78. The molecule has 0 atom stereocenters. The summed E-state index contributed by atoms with van der Waals surface area (Å²) >= 11 is 1.88. The molecule has 0 bridgehead atoms. The Labute approximate surface area is 380 Å². The minimum absolute atomic E-state index is 0.0503. The molecule has 5 heteroatoms. The van der Waals surface area contributed by atoms with Crippen LogP contribution in [0.3, 0.4) is 0 Å². The van der Waals surface area contributed by atoms with Crippen molar-refractivity contribution < 1.29 is 9.47 Å². The molecular formula is C59H43BO2SSi. The summed E-state index contributed by atoms with van der Waals surface area (Å²) in [5.74, 6) is 3.57. The van der Waals surface area contributed by atoms with Gasteiger partial charge < -0.3 is 9.47 Å². The first kappa shape index (κ1) is 37.7. The maximum absolute atomic E-state index is 7.73. The molecule has 0 radical (unpaired) electrons. The van der Waals surface area contributed by atoms with E-state index in [1.54, 1.807) is 0 Å². The Hall–Kier alpha value is -6.79. The third-order valence-electron chi connectivity index (χ3n) is 14.4. The lowest BCUT2D eigenvalue weighted by molar-refractivity contribution is 0.465. The predicted octanol–water partition coefficient (Wildman–Crippen LogP) is 9.92. The highest BCUT2D eigenvalue weighted by Crippen LogP contribution is 2.63. The van der Waals surface area contributed by atoms with Gasteiger partial charge in [0.05, 0.1) is 5.41 Å². The van der Waals surface area contributed by atoms with Crippen molar-refractivity contribution in [1.82, 2.24) is 0 Å². The van der Waals surface area contributed by atoms with Crippen molar-refractivity contribution in [2.75, 3.05) is 0 Å². The first-order valence-electron chi connectivity index (χ1n) is 22.4. The fourth-order valence-electron chi connectivity index (χ4n) is 11.6. The highest BCUT2D eigenvalue weighted by Gasteiger charge is 2.53. The largest absolute Gasteiger partial charge is 0.458 e. The molecule has 0 fully saturated rings. The fraction of sp³-hybridized carbons (Fsp3) is 0.0847. The van der Waals surface area contributed by atoms with E-state index in [9.17, 15) is 0 Å². The minimum Gasteiger partial charge on any atom is -0.458 e. The molecular weight excluding hydrogens is 812 g/mol. The van der Waals surface area contributed by atoms with Gasteiger partial charge in [0.25, 0.3) is 6.71 Å². The zero-order valence-electron chi connectivity index (χ0n) is 35.9. The van der Waals surface area contributed by atoms with Gasteiger partial charge in [-0.25, -0.2) is 0 Å². The van der Waals surface area contributed by atoms with E-state index in [1.165, 1.54) is 80.4 Å². The number of benzene rings is 9. The molecule has 0 N–H and O–H groups in total. The van der Waals surface area contributed by atoms with Gasteiger partial charge in [0.1, 0.15) is 23.0 Å². The third-order valence-corrected chi connectivity index (χ3v) is 20.3. The van der Waals surface area contributed by atoms with Crippen LogP contribution in [-0.2, 0) is 10.8 Å². The van der Waals surface area contributed by atoms with Crippen LogP contribution in [0.15, 0.2) is 216 Å². The van der Waals surface area contributed by atoms with Crippen LogP contribution in [0.1, 0.15) is 48.6 Å². The van der Waals surface area contributed by atoms with Crippen LogP contribution in [0.4, 0.5) is 0 Å². The van der Waals surface area contributed by atoms with Crippen molar-refractivity contribution in [3.8, 4) is 34.1 Å². The molecule has 3 heterocycles. The van der Waals surface area contributed by atoms with Crippen molar-refractivity contribution in [3.05, 3.63) is 234 Å². The van der Waals surface area contributed by atoms with Gasteiger partial charge in [0.15, 0.2) is 8.07 Å². The second-order valence-corrected chi connectivity index (χ2v) is 23.6. The molecule has 1 spiro atoms. The van der Waals surface area contributed by atoms with E-state index >= 15 is 0 Å². The monoisotopic (exact) mass is 854 g/mol. The fourth-order valence-corrected chi connectivity index (χ4v) is 17.6.